The molecule has 208 valence electrons. The van der Waals surface area contributed by atoms with Gasteiger partial charge in [0.05, 0.1) is 17.4 Å². The van der Waals surface area contributed by atoms with Gasteiger partial charge in [-0.15, -0.1) is 0 Å². The van der Waals surface area contributed by atoms with Gasteiger partial charge in [-0.2, -0.15) is 5.10 Å². The molecule has 2 aromatic heterocycles. The second-order valence-corrected chi connectivity index (χ2v) is 10.6. The lowest BCUT2D eigenvalue weighted by Crippen LogP contribution is -2.27. The molecule has 6 rings (SSSR count). The van der Waals surface area contributed by atoms with E-state index < -0.39 is 0 Å². The monoisotopic (exact) mass is 546 g/mol. The van der Waals surface area contributed by atoms with Crippen LogP contribution in [0.5, 0.6) is 0 Å². The average Bonchev–Trinajstić information content (AvgIpc) is 3.79. The maximum Gasteiger partial charge on any atom is 0.258 e. The fourth-order valence-electron chi connectivity index (χ4n) is 5.44. The molecule has 1 saturated heterocycles. The molecule has 1 aliphatic heterocycles. The first-order chi connectivity index (χ1) is 20.1. The van der Waals surface area contributed by atoms with Crippen molar-refractivity contribution in [3.05, 3.63) is 96.4 Å². The summed E-state index contributed by atoms with van der Waals surface area (Å²) < 4.78 is 1.93. The number of para-hydroxylation sites is 1. The first kappa shape index (κ1) is 26.5. The lowest BCUT2D eigenvalue weighted by Gasteiger charge is -2.14. The number of hydrogen-bond acceptors (Lipinski definition) is 4. The zero-order valence-electron chi connectivity index (χ0n) is 23.1. The summed E-state index contributed by atoms with van der Waals surface area (Å²) in [6, 6.07) is 23.6. The molecule has 0 aliphatic carbocycles. The zero-order valence-corrected chi connectivity index (χ0v) is 23.1. The van der Waals surface area contributed by atoms with Crippen LogP contribution in [0.3, 0.4) is 0 Å². The van der Waals surface area contributed by atoms with Gasteiger partial charge in [0.25, 0.3) is 5.91 Å². The van der Waals surface area contributed by atoms with Crippen molar-refractivity contribution in [3.63, 3.8) is 0 Å². The van der Waals surface area contributed by atoms with E-state index in [-0.39, 0.29) is 11.8 Å². The molecule has 2 amide bonds. The number of nitrogens with zero attached hydrogens (tertiary/aromatic N) is 4. The van der Waals surface area contributed by atoms with Crippen LogP contribution >= 0.6 is 0 Å². The lowest BCUT2D eigenvalue weighted by molar-refractivity contribution is -0.130. The van der Waals surface area contributed by atoms with Crippen molar-refractivity contribution >= 4 is 28.7 Å². The van der Waals surface area contributed by atoms with E-state index in [9.17, 15) is 9.59 Å². The molecular formula is C33H34N6O2. The highest BCUT2D eigenvalue weighted by Crippen LogP contribution is 2.25. The highest BCUT2D eigenvalue weighted by atomic mass is 16.2. The molecule has 2 N–H and O–H groups in total. The van der Waals surface area contributed by atoms with Crippen LogP contribution in [0.15, 0.2) is 85.2 Å². The zero-order chi connectivity index (χ0) is 28.0. The van der Waals surface area contributed by atoms with Crippen LogP contribution in [-0.4, -0.2) is 49.6 Å². The third kappa shape index (κ3) is 6.22. The van der Waals surface area contributed by atoms with Crippen LogP contribution in [0, 0.1) is 0 Å². The third-order valence-electron chi connectivity index (χ3n) is 7.70. The van der Waals surface area contributed by atoms with E-state index in [1.807, 2.05) is 82.4 Å². The van der Waals surface area contributed by atoms with Gasteiger partial charge in [-0.25, -0.2) is 4.98 Å². The molecule has 0 saturated carbocycles. The molecule has 3 heterocycles. The molecule has 5 aromatic rings. The summed E-state index contributed by atoms with van der Waals surface area (Å²) in [5.74, 6) is 0.559. The van der Waals surface area contributed by atoms with E-state index in [2.05, 4.69) is 21.6 Å². The van der Waals surface area contributed by atoms with Gasteiger partial charge < -0.3 is 4.90 Å². The van der Waals surface area contributed by atoms with Crippen molar-refractivity contribution in [2.75, 3.05) is 18.4 Å². The van der Waals surface area contributed by atoms with Crippen molar-refractivity contribution in [1.29, 1.82) is 0 Å². The quantitative estimate of drug-likeness (QED) is 0.198. The minimum absolute atomic E-state index is 0.217. The van der Waals surface area contributed by atoms with Crippen molar-refractivity contribution in [2.24, 2.45) is 0 Å². The van der Waals surface area contributed by atoms with E-state index in [0.717, 1.165) is 85.0 Å². The smallest absolute Gasteiger partial charge is 0.258 e. The molecule has 0 spiro atoms. The average molecular weight is 547 g/mol. The summed E-state index contributed by atoms with van der Waals surface area (Å²) in [6.45, 7) is 1.82. The number of imidazole rings is 1. The predicted molar refractivity (Wildman–Crippen MR) is 161 cm³/mol. The van der Waals surface area contributed by atoms with Gasteiger partial charge in [0.2, 0.25) is 11.9 Å². The summed E-state index contributed by atoms with van der Waals surface area (Å²) in [7, 11) is 0. The Kier molecular flexibility index (Phi) is 7.89. The number of likely N-dealkylation sites (tertiary alicyclic amines) is 1. The summed E-state index contributed by atoms with van der Waals surface area (Å²) in [5.41, 5.74) is 5.35. The number of H-pyrrole nitrogens is 1. The van der Waals surface area contributed by atoms with Gasteiger partial charge in [-0.05, 0) is 79.6 Å². The number of carbonyl (C=O) groups excluding carboxylic acids is 2. The summed E-state index contributed by atoms with van der Waals surface area (Å²) in [4.78, 5) is 32.5. The minimum Gasteiger partial charge on any atom is -0.343 e. The predicted octanol–water partition coefficient (Wildman–Crippen LogP) is 6.39. The molecule has 0 bridgehead atoms. The van der Waals surface area contributed by atoms with Crippen LogP contribution in [0.2, 0.25) is 0 Å². The number of nitrogens with one attached hydrogen (secondary N) is 2. The number of aryl methyl sites for hydroxylation is 1. The Balaban J connectivity index is 1.14. The minimum atomic E-state index is -0.217. The Morgan fingerprint density at radius 1 is 0.878 bits per heavy atom. The summed E-state index contributed by atoms with van der Waals surface area (Å²) in [6.07, 6.45) is 10.3. The first-order valence-corrected chi connectivity index (χ1v) is 14.4. The van der Waals surface area contributed by atoms with Crippen LogP contribution in [0.25, 0.3) is 27.7 Å². The van der Waals surface area contributed by atoms with Gasteiger partial charge in [0.1, 0.15) is 0 Å². The van der Waals surface area contributed by atoms with E-state index in [4.69, 9.17) is 4.98 Å². The van der Waals surface area contributed by atoms with Crippen LogP contribution in [0.1, 0.15) is 54.6 Å². The third-order valence-corrected chi connectivity index (χ3v) is 7.70. The number of amides is 2. The summed E-state index contributed by atoms with van der Waals surface area (Å²) >= 11 is 0. The number of rotatable bonds is 10. The lowest BCUT2D eigenvalue weighted by atomic mass is 10.0. The van der Waals surface area contributed by atoms with E-state index in [1.54, 1.807) is 6.20 Å². The molecular weight excluding hydrogens is 512 g/mol. The molecule has 1 fully saturated rings. The van der Waals surface area contributed by atoms with Crippen molar-refractivity contribution in [2.45, 2.75) is 44.9 Å². The normalized spacial score (nSPS) is 13.1. The highest BCUT2D eigenvalue weighted by Gasteiger charge is 2.18. The largest absolute Gasteiger partial charge is 0.343 e. The van der Waals surface area contributed by atoms with E-state index >= 15 is 0 Å². The number of hydrogen-bond donors (Lipinski definition) is 2. The number of carbonyl (C=O) groups is 2. The second kappa shape index (κ2) is 12.2. The van der Waals surface area contributed by atoms with Crippen LogP contribution < -0.4 is 5.32 Å². The van der Waals surface area contributed by atoms with E-state index in [1.165, 1.54) is 0 Å². The molecule has 1 aliphatic rings. The maximum atomic E-state index is 13.4. The number of anilines is 1. The number of unbranched alkanes of at least 4 members (excludes halogenated alkanes) is 2. The molecule has 8 heteroatoms. The molecule has 8 nitrogen and oxygen atoms in total. The van der Waals surface area contributed by atoms with Gasteiger partial charge >= 0.3 is 0 Å². The summed E-state index contributed by atoms with van der Waals surface area (Å²) in [5, 5.41) is 11.1. The van der Waals surface area contributed by atoms with E-state index in [0.29, 0.717) is 17.9 Å². The van der Waals surface area contributed by atoms with Gasteiger partial charge in [0.15, 0.2) is 0 Å². The topological polar surface area (TPSA) is 95.9 Å². The van der Waals surface area contributed by atoms with Gasteiger partial charge in [-0.1, -0.05) is 42.8 Å². The Hall–Kier alpha value is -4.72. The molecule has 41 heavy (non-hydrogen) atoms. The van der Waals surface area contributed by atoms with Gasteiger partial charge in [0, 0.05) is 42.3 Å². The van der Waals surface area contributed by atoms with Crippen LogP contribution in [0.4, 0.5) is 5.95 Å². The Morgan fingerprint density at radius 2 is 1.71 bits per heavy atom. The van der Waals surface area contributed by atoms with Crippen LogP contribution in [-0.2, 0) is 11.2 Å². The number of aromatic nitrogens is 4. The second-order valence-electron chi connectivity index (χ2n) is 10.6. The Morgan fingerprint density at radius 3 is 2.56 bits per heavy atom. The highest BCUT2D eigenvalue weighted by molar-refractivity contribution is 6.04. The maximum absolute atomic E-state index is 13.4. The van der Waals surface area contributed by atoms with Crippen molar-refractivity contribution in [3.8, 4) is 16.8 Å². The molecule has 3 aromatic carbocycles. The molecule has 0 radical (unpaired) electrons. The van der Waals surface area contributed by atoms with Gasteiger partial charge in [-0.3, -0.25) is 24.6 Å². The Bertz CT molecular complexity index is 1650. The molecule has 0 unspecified atom stereocenters. The van der Waals surface area contributed by atoms with Crippen molar-refractivity contribution in [1.82, 2.24) is 24.6 Å². The number of benzene rings is 3. The number of fused-ring (bicyclic) bond motifs is 1. The first-order valence-electron chi connectivity index (χ1n) is 14.4. The molecule has 0 atom stereocenters. The fourth-order valence-corrected chi connectivity index (χ4v) is 5.44. The SMILES string of the molecule is O=C(Nc1nc(CCCCCC(=O)N2CCCC2)cn1-c1ccccc1)c1cccc(-c2ccc3[nH]ncc3c2)c1. The number of aromatic amines is 1. The standard InChI is InChI=1S/C33H34N6O2/c40-31(38-18-7-8-19-38)15-6-1-3-12-28-23-39(29-13-4-2-5-14-29)33(35-28)36-32(41)26-11-9-10-24(20-26)25-16-17-30-27(21-25)22-34-37-30/h2,4-5,9-11,13-14,16-17,20-23H,1,3,6-8,12,15,18-19H2,(H,34,37)(H,35,36,41). The Labute approximate surface area is 239 Å². The fraction of sp³-hybridized carbons (Fsp3) is 0.273. The van der Waals surface area contributed by atoms with Crippen molar-refractivity contribution < 1.29 is 9.59 Å².